The minimum Gasteiger partial charge on any atom is -0.507 e. The van der Waals surface area contributed by atoms with E-state index in [2.05, 4.69) is 4.98 Å². The van der Waals surface area contributed by atoms with E-state index in [1.807, 2.05) is 31.2 Å². The molecule has 0 radical (unpaired) electrons. The number of hydrogen-bond acceptors (Lipinski definition) is 7. The van der Waals surface area contributed by atoms with E-state index in [4.69, 9.17) is 4.74 Å². The summed E-state index contributed by atoms with van der Waals surface area (Å²) in [5.74, 6) is -2.43. The molecule has 1 N–H and O–H groups in total. The van der Waals surface area contributed by atoms with Gasteiger partial charge >= 0.3 is 11.9 Å². The van der Waals surface area contributed by atoms with E-state index in [0.29, 0.717) is 16.8 Å². The highest BCUT2D eigenvalue weighted by molar-refractivity contribution is 7.17. The third-order valence-electron chi connectivity index (χ3n) is 5.34. The molecule has 33 heavy (non-hydrogen) atoms. The minimum absolute atomic E-state index is 0.0272. The lowest BCUT2D eigenvalue weighted by Crippen LogP contribution is -2.29. The summed E-state index contributed by atoms with van der Waals surface area (Å²) in [6.45, 7) is 5.49. The Labute approximate surface area is 195 Å². The van der Waals surface area contributed by atoms with Gasteiger partial charge in [0.05, 0.1) is 23.9 Å². The molecule has 2 aromatic carbocycles. The van der Waals surface area contributed by atoms with E-state index < -0.39 is 23.7 Å². The molecule has 1 atom stereocenters. The summed E-state index contributed by atoms with van der Waals surface area (Å²) in [6.07, 6.45) is 0. The number of rotatable bonds is 5. The first-order valence-electron chi connectivity index (χ1n) is 10.4. The van der Waals surface area contributed by atoms with Crippen molar-refractivity contribution in [3.8, 4) is 0 Å². The highest BCUT2D eigenvalue weighted by atomic mass is 32.1. The molecule has 0 bridgehead atoms. The average Bonchev–Trinajstić information content (AvgIpc) is 3.32. The Morgan fingerprint density at radius 2 is 1.76 bits per heavy atom. The molecule has 0 spiro atoms. The molecule has 0 aliphatic carbocycles. The number of aliphatic hydroxyl groups is 1. The molecule has 1 saturated heterocycles. The number of Topliss-reactive ketones (excluding diaryl/α,β-unsaturated/α-hetero) is 1. The molecule has 2 heterocycles. The number of ether oxygens (including phenoxy) is 1. The molecular formula is C25H22N2O5S. The van der Waals surface area contributed by atoms with Crippen molar-refractivity contribution < 1.29 is 24.2 Å². The van der Waals surface area contributed by atoms with Gasteiger partial charge in [-0.3, -0.25) is 14.5 Å². The number of carbonyl (C=O) groups excluding carboxylic acids is 3. The molecule has 1 unspecified atom stereocenters. The van der Waals surface area contributed by atoms with Crippen molar-refractivity contribution in [3.05, 3.63) is 87.4 Å². The number of esters is 1. The van der Waals surface area contributed by atoms with E-state index in [1.54, 1.807) is 44.2 Å². The molecule has 4 rings (SSSR count). The number of ketones is 1. The Balaban J connectivity index is 1.90. The lowest BCUT2D eigenvalue weighted by Gasteiger charge is -2.23. The number of nitrogens with zero attached hydrogens (tertiary/aromatic N) is 2. The number of carbonyl (C=O) groups is 3. The van der Waals surface area contributed by atoms with Crippen molar-refractivity contribution in [2.45, 2.75) is 26.8 Å². The van der Waals surface area contributed by atoms with Crippen LogP contribution >= 0.6 is 11.3 Å². The second kappa shape index (κ2) is 8.99. The highest BCUT2D eigenvalue weighted by Crippen LogP contribution is 2.43. The molecule has 1 aromatic heterocycles. The van der Waals surface area contributed by atoms with Crippen LogP contribution in [0, 0.1) is 13.8 Å². The first-order valence-corrected chi connectivity index (χ1v) is 11.2. The van der Waals surface area contributed by atoms with Crippen LogP contribution in [0.25, 0.3) is 5.76 Å². The molecule has 1 fully saturated rings. The normalized spacial score (nSPS) is 17.4. The molecular weight excluding hydrogens is 440 g/mol. The van der Waals surface area contributed by atoms with Gasteiger partial charge in [-0.25, -0.2) is 9.78 Å². The number of anilines is 1. The number of benzene rings is 2. The van der Waals surface area contributed by atoms with Crippen LogP contribution in [0.2, 0.25) is 0 Å². The minimum atomic E-state index is -0.897. The van der Waals surface area contributed by atoms with Crippen LogP contribution in [0.15, 0.2) is 60.2 Å². The van der Waals surface area contributed by atoms with Crippen molar-refractivity contribution in [3.63, 3.8) is 0 Å². The Hall–Kier alpha value is -3.78. The predicted molar refractivity (Wildman–Crippen MR) is 125 cm³/mol. The fourth-order valence-corrected chi connectivity index (χ4v) is 4.70. The Morgan fingerprint density at radius 1 is 1.09 bits per heavy atom. The summed E-state index contributed by atoms with van der Waals surface area (Å²) in [4.78, 5) is 44.6. The van der Waals surface area contributed by atoms with Crippen LogP contribution in [-0.4, -0.2) is 34.4 Å². The van der Waals surface area contributed by atoms with Gasteiger partial charge in [0.25, 0.3) is 5.78 Å². The van der Waals surface area contributed by atoms with Crippen LogP contribution in [0.4, 0.5) is 5.13 Å². The topological polar surface area (TPSA) is 96.8 Å². The number of aromatic nitrogens is 1. The van der Waals surface area contributed by atoms with Crippen molar-refractivity contribution in [1.82, 2.24) is 4.98 Å². The summed E-state index contributed by atoms with van der Waals surface area (Å²) < 4.78 is 5.09. The zero-order chi connectivity index (χ0) is 23.7. The second-order valence-electron chi connectivity index (χ2n) is 7.58. The van der Waals surface area contributed by atoms with Crippen molar-refractivity contribution in [2.24, 2.45) is 0 Å². The molecule has 3 aromatic rings. The molecule has 8 heteroatoms. The maximum Gasteiger partial charge on any atom is 0.350 e. The summed E-state index contributed by atoms with van der Waals surface area (Å²) in [5.41, 5.74) is 2.45. The second-order valence-corrected chi connectivity index (χ2v) is 8.55. The number of hydrogen-bond donors (Lipinski definition) is 1. The molecule has 1 aliphatic rings. The maximum absolute atomic E-state index is 13.2. The zero-order valence-electron chi connectivity index (χ0n) is 18.4. The Kier molecular flexibility index (Phi) is 6.11. The molecule has 1 amide bonds. The number of thiazole rings is 1. The summed E-state index contributed by atoms with van der Waals surface area (Å²) in [6, 6.07) is 15.1. The van der Waals surface area contributed by atoms with Gasteiger partial charge in [0, 0.05) is 5.56 Å². The third kappa shape index (κ3) is 4.05. The third-order valence-corrected chi connectivity index (χ3v) is 6.47. The first kappa shape index (κ1) is 22.4. The fraction of sp³-hybridized carbons (Fsp3) is 0.200. The van der Waals surface area contributed by atoms with E-state index >= 15 is 0 Å². The lowest BCUT2D eigenvalue weighted by atomic mass is 9.95. The van der Waals surface area contributed by atoms with Gasteiger partial charge in [0.1, 0.15) is 10.6 Å². The number of amides is 1. The van der Waals surface area contributed by atoms with Gasteiger partial charge in [-0.1, -0.05) is 71.5 Å². The monoisotopic (exact) mass is 462 g/mol. The summed E-state index contributed by atoms with van der Waals surface area (Å²) in [7, 11) is 0. The zero-order valence-corrected chi connectivity index (χ0v) is 19.2. The van der Waals surface area contributed by atoms with Crippen LogP contribution in [0.1, 0.15) is 45.0 Å². The molecule has 1 aliphatic heterocycles. The largest absolute Gasteiger partial charge is 0.507 e. The summed E-state index contributed by atoms with van der Waals surface area (Å²) in [5, 5.41) is 11.3. The SMILES string of the molecule is CCOC(=O)c1sc(N2C(=O)C(=O)/C(=C(\O)c3ccccc3)C2c2ccc(C)cc2)nc1C. The summed E-state index contributed by atoms with van der Waals surface area (Å²) >= 11 is 0.985. The smallest absolute Gasteiger partial charge is 0.350 e. The van der Waals surface area contributed by atoms with Gasteiger partial charge in [0.2, 0.25) is 0 Å². The van der Waals surface area contributed by atoms with Crippen molar-refractivity contribution in [2.75, 3.05) is 11.5 Å². The average molecular weight is 463 g/mol. The van der Waals surface area contributed by atoms with Crippen LogP contribution in [0.3, 0.4) is 0 Å². The number of aryl methyl sites for hydroxylation is 2. The lowest BCUT2D eigenvalue weighted by molar-refractivity contribution is -0.132. The van der Waals surface area contributed by atoms with Gasteiger partial charge in [-0.2, -0.15) is 0 Å². The van der Waals surface area contributed by atoms with Crippen LogP contribution in [-0.2, 0) is 14.3 Å². The molecule has 168 valence electrons. The van der Waals surface area contributed by atoms with E-state index in [0.717, 1.165) is 16.9 Å². The van der Waals surface area contributed by atoms with Gasteiger partial charge in [-0.15, -0.1) is 0 Å². The standard InChI is InChI=1S/C25H22N2O5S/c1-4-32-24(31)22-15(3)26-25(33-22)27-19(16-12-10-14(2)11-13-16)18(21(29)23(27)30)20(28)17-8-6-5-7-9-17/h5-13,19,28H,4H2,1-3H3/b20-18-. The quantitative estimate of drug-likeness (QED) is 0.258. The van der Waals surface area contributed by atoms with Gasteiger partial charge in [-0.05, 0) is 26.3 Å². The molecule has 0 saturated carbocycles. The molecule has 7 nitrogen and oxygen atoms in total. The van der Waals surface area contributed by atoms with E-state index in [-0.39, 0.29) is 27.9 Å². The Morgan fingerprint density at radius 3 is 2.39 bits per heavy atom. The van der Waals surface area contributed by atoms with Crippen LogP contribution < -0.4 is 4.90 Å². The predicted octanol–water partition coefficient (Wildman–Crippen LogP) is 4.56. The first-order chi connectivity index (χ1) is 15.8. The van der Waals surface area contributed by atoms with Crippen molar-refractivity contribution >= 4 is 39.9 Å². The fourth-order valence-electron chi connectivity index (χ4n) is 3.72. The number of aliphatic hydroxyl groups excluding tert-OH is 1. The highest BCUT2D eigenvalue weighted by Gasteiger charge is 2.48. The van der Waals surface area contributed by atoms with Crippen molar-refractivity contribution in [1.29, 1.82) is 0 Å². The van der Waals surface area contributed by atoms with E-state index in [9.17, 15) is 19.5 Å². The van der Waals surface area contributed by atoms with Gasteiger partial charge in [0.15, 0.2) is 5.13 Å². The Bertz CT molecular complexity index is 1260. The van der Waals surface area contributed by atoms with E-state index in [1.165, 1.54) is 4.90 Å². The van der Waals surface area contributed by atoms with Crippen LogP contribution in [0.5, 0.6) is 0 Å². The maximum atomic E-state index is 13.2. The van der Waals surface area contributed by atoms with Gasteiger partial charge < -0.3 is 9.84 Å².